The van der Waals surface area contributed by atoms with Crippen LogP contribution in [0.5, 0.6) is 0 Å². The number of aromatic nitrogens is 2. The molecule has 0 bridgehead atoms. The van der Waals surface area contributed by atoms with Gasteiger partial charge in [-0.1, -0.05) is 60.7 Å². The van der Waals surface area contributed by atoms with Crippen LogP contribution in [-0.4, -0.2) is 37.7 Å². The number of carboxylic acid groups (broad SMARTS) is 1. The van der Waals surface area contributed by atoms with Crippen molar-refractivity contribution in [2.24, 2.45) is 0 Å². The number of rotatable bonds is 8. The molecule has 1 heterocycles. The summed E-state index contributed by atoms with van der Waals surface area (Å²) in [6.07, 6.45) is 1.22. The van der Waals surface area contributed by atoms with E-state index in [0.29, 0.717) is 5.56 Å². The normalized spacial score (nSPS) is 12.7. The SMILES string of the molecule is CC(c1ccccc1)n1cc([N+](=O)[O-])c(C(=O)NC(Cc2ccccc2)C(=O)O)n1. The van der Waals surface area contributed by atoms with Crippen LogP contribution in [0.15, 0.2) is 66.9 Å². The predicted octanol–water partition coefficient (Wildman–Crippen LogP) is 2.83. The average molecular weight is 408 g/mol. The zero-order chi connectivity index (χ0) is 21.7. The molecule has 154 valence electrons. The van der Waals surface area contributed by atoms with Crippen molar-refractivity contribution in [3.05, 3.63) is 93.8 Å². The molecule has 2 N–H and O–H groups in total. The first-order valence-electron chi connectivity index (χ1n) is 9.23. The highest BCUT2D eigenvalue weighted by molar-refractivity contribution is 5.98. The number of carbonyl (C=O) groups excluding carboxylic acids is 1. The van der Waals surface area contributed by atoms with Gasteiger partial charge in [-0.2, -0.15) is 5.10 Å². The van der Waals surface area contributed by atoms with E-state index < -0.39 is 34.2 Å². The summed E-state index contributed by atoms with van der Waals surface area (Å²) in [4.78, 5) is 35.1. The van der Waals surface area contributed by atoms with Crippen LogP contribution < -0.4 is 5.32 Å². The Balaban J connectivity index is 1.86. The lowest BCUT2D eigenvalue weighted by atomic mass is 10.1. The van der Waals surface area contributed by atoms with Crippen molar-refractivity contribution in [3.8, 4) is 0 Å². The van der Waals surface area contributed by atoms with E-state index in [2.05, 4.69) is 10.4 Å². The number of carboxylic acids is 1. The first kappa shape index (κ1) is 20.7. The Morgan fingerprint density at radius 3 is 2.30 bits per heavy atom. The van der Waals surface area contributed by atoms with E-state index in [4.69, 9.17) is 0 Å². The van der Waals surface area contributed by atoms with Gasteiger partial charge in [0.25, 0.3) is 5.91 Å². The van der Waals surface area contributed by atoms with Crippen molar-refractivity contribution in [1.29, 1.82) is 0 Å². The fraction of sp³-hybridized carbons (Fsp3) is 0.190. The van der Waals surface area contributed by atoms with Crippen molar-refractivity contribution in [2.45, 2.75) is 25.4 Å². The molecule has 1 aromatic heterocycles. The third kappa shape index (κ3) is 4.69. The van der Waals surface area contributed by atoms with Crippen LogP contribution >= 0.6 is 0 Å². The lowest BCUT2D eigenvalue weighted by Crippen LogP contribution is -2.42. The first-order valence-corrected chi connectivity index (χ1v) is 9.23. The second kappa shape index (κ2) is 8.99. The zero-order valence-electron chi connectivity index (χ0n) is 16.1. The summed E-state index contributed by atoms with van der Waals surface area (Å²) in [5.41, 5.74) is 0.651. The fourth-order valence-electron chi connectivity index (χ4n) is 3.04. The molecule has 3 rings (SSSR count). The molecule has 0 fully saturated rings. The Morgan fingerprint density at radius 2 is 1.73 bits per heavy atom. The smallest absolute Gasteiger partial charge is 0.326 e. The summed E-state index contributed by atoms with van der Waals surface area (Å²) in [7, 11) is 0. The Labute approximate surface area is 172 Å². The van der Waals surface area contributed by atoms with Gasteiger partial charge in [-0.3, -0.25) is 19.6 Å². The Bertz CT molecular complexity index is 1050. The van der Waals surface area contributed by atoms with Gasteiger partial charge in [0.2, 0.25) is 5.69 Å². The Kier molecular flexibility index (Phi) is 6.21. The molecule has 2 unspecified atom stereocenters. The number of hydrogen-bond donors (Lipinski definition) is 2. The standard InChI is InChI=1S/C21H20N4O5/c1-14(16-10-6-3-7-11-16)24-13-18(25(29)30)19(23-24)20(26)22-17(21(27)28)12-15-8-4-2-5-9-15/h2-11,13-14,17H,12H2,1H3,(H,22,26)(H,27,28). The lowest BCUT2D eigenvalue weighted by molar-refractivity contribution is -0.385. The molecule has 3 aromatic rings. The first-order chi connectivity index (χ1) is 14.4. The molecule has 2 aromatic carbocycles. The van der Waals surface area contributed by atoms with Crippen molar-refractivity contribution in [2.75, 3.05) is 0 Å². The highest BCUT2D eigenvalue weighted by atomic mass is 16.6. The van der Waals surface area contributed by atoms with Gasteiger partial charge in [0.05, 0.1) is 11.0 Å². The molecular formula is C21H20N4O5. The second-order valence-corrected chi connectivity index (χ2v) is 6.74. The number of aliphatic carboxylic acids is 1. The monoisotopic (exact) mass is 408 g/mol. The van der Waals surface area contributed by atoms with Crippen molar-refractivity contribution >= 4 is 17.6 Å². The largest absolute Gasteiger partial charge is 0.480 e. The Hall–Kier alpha value is -4.01. The number of nitrogens with zero attached hydrogens (tertiary/aromatic N) is 3. The van der Waals surface area contributed by atoms with Crippen LogP contribution in [0.4, 0.5) is 5.69 Å². The second-order valence-electron chi connectivity index (χ2n) is 6.74. The molecule has 0 spiro atoms. The fourth-order valence-corrected chi connectivity index (χ4v) is 3.04. The maximum atomic E-state index is 12.7. The topological polar surface area (TPSA) is 127 Å². The van der Waals surface area contributed by atoms with Crippen LogP contribution in [0.2, 0.25) is 0 Å². The van der Waals surface area contributed by atoms with Gasteiger partial charge in [-0.15, -0.1) is 0 Å². The number of amides is 1. The summed E-state index contributed by atoms with van der Waals surface area (Å²) in [6.45, 7) is 1.79. The number of nitro groups is 1. The third-order valence-corrected chi connectivity index (χ3v) is 4.69. The molecule has 0 aliphatic heterocycles. The minimum absolute atomic E-state index is 0.0385. The van der Waals surface area contributed by atoms with E-state index in [0.717, 1.165) is 5.56 Å². The Morgan fingerprint density at radius 1 is 1.13 bits per heavy atom. The van der Waals surface area contributed by atoms with Crippen molar-refractivity contribution in [3.63, 3.8) is 0 Å². The minimum atomic E-state index is -1.25. The average Bonchev–Trinajstić information content (AvgIpc) is 3.20. The van der Waals surface area contributed by atoms with E-state index in [1.165, 1.54) is 10.9 Å². The number of carbonyl (C=O) groups is 2. The summed E-state index contributed by atoms with van der Waals surface area (Å²) in [5.74, 6) is -2.16. The van der Waals surface area contributed by atoms with E-state index >= 15 is 0 Å². The van der Waals surface area contributed by atoms with Gasteiger partial charge >= 0.3 is 11.7 Å². The molecule has 9 heteroatoms. The van der Waals surface area contributed by atoms with Gasteiger partial charge in [-0.05, 0) is 18.1 Å². The molecule has 30 heavy (non-hydrogen) atoms. The lowest BCUT2D eigenvalue weighted by Gasteiger charge is -2.14. The van der Waals surface area contributed by atoms with Gasteiger partial charge < -0.3 is 10.4 Å². The minimum Gasteiger partial charge on any atom is -0.480 e. The highest BCUT2D eigenvalue weighted by Gasteiger charge is 2.30. The van der Waals surface area contributed by atoms with Crippen LogP contribution in [-0.2, 0) is 11.2 Å². The maximum Gasteiger partial charge on any atom is 0.326 e. The van der Waals surface area contributed by atoms with Gasteiger partial charge in [0, 0.05) is 6.42 Å². The van der Waals surface area contributed by atoms with E-state index in [-0.39, 0.29) is 12.5 Å². The van der Waals surface area contributed by atoms with Gasteiger partial charge in [0.15, 0.2) is 0 Å². The number of nitrogens with one attached hydrogen (secondary N) is 1. The van der Waals surface area contributed by atoms with Crippen LogP contribution in [0.1, 0.15) is 34.6 Å². The molecule has 0 saturated carbocycles. The maximum absolute atomic E-state index is 12.7. The molecule has 0 aliphatic carbocycles. The summed E-state index contributed by atoms with van der Waals surface area (Å²) in [5, 5.41) is 27.4. The van der Waals surface area contributed by atoms with Gasteiger partial charge in [0.1, 0.15) is 12.2 Å². The molecule has 0 aliphatic rings. The van der Waals surface area contributed by atoms with Gasteiger partial charge in [-0.25, -0.2) is 4.79 Å². The van der Waals surface area contributed by atoms with Crippen LogP contribution in [0.25, 0.3) is 0 Å². The summed E-state index contributed by atoms with van der Waals surface area (Å²) >= 11 is 0. The number of benzene rings is 2. The van der Waals surface area contributed by atoms with Crippen molar-refractivity contribution in [1.82, 2.24) is 15.1 Å². The molecule has 0 saturated heterocycles. The molecule has 1 amide bonds. The molecule has 2 atom stereocenters. The molecular weight excluding hydrogens is 388 g/mol. The van der Waals surface area contributed by atoms with Crippen LogP contribution in [0.3, 0.4) is 0 Å². The zero-order valence-corrected chi connectivity index (χ0v) is 16.1. The predicted molar refractivity (Wildman–Crippen MR) is 108 cm³/mol. The van der Waals surface area contributed by atoms with E-state index in [1.54, 1.807) is 37.3 Å². The van der Waals surface area contributed by atoms with Crippen LogP contribution in [0, 0.1) is 10.1 Å². The summed E-state index contributed by atoms with van der Waals surface area (Å²) in [6, 6.07) is 16.4. The van der Waals surface area contributed by atoms with Crippen molar-refractivity contribution < 1.29 is 19.6 Å². The molecule has 9 nitrogen and oxygen atoms in total. The highest BCUT2D eigenvalue weighted by Crippen LogP contribution is 2.23. The molecule has 0 radical (unpaired) electrons. The van der Waals surface area contributed by atoms with E-state index in [9.17, 15) is 24.8 Å². The summed E-state index contributed by atoms with van der Waals surface area (Å²) < 4.78 is 1.33. The number of hydrogen-bond acceptors (Lipinski definition) is 5. The third-order valence-electron chi connectivity index (χ3n) is 4.69. The van der Waals surface area contributed by atoms with E-state index in [1.807, 2.05) is 30.3 Å². The quantitative estimate of drug-likeness (QED) is 0.436.